The highest BCUT2D eigenvalue weighted by atomic mass is 35.5. The summed E-state index contributed by atoms with van der Waals surface area (Å²) in [6.45, 7) is 7.32. The second kappa shape index (κ2) is 41.6. The maximum Gasteiger partial charge on any atom is 0.258 e. The van der Waals surface area contributed by atoms with Gasteiger partial charge in [-0.2, -0.15) is 5.10 Å². The van der Waals surface area contributed by atoms with Crippen molar-refractivity contribution in [3.05, 3.63) is 471 Å². The zero-order valence-corrected chi connectivity index (χ0v) is 79.9. The number of aromatic amines is 2. The summed E-state index contributed by atoms with van der Waals surface area (Å²) in [5.74, 6) is -1.50. The number of aryl methyl sites for hydroxylation is 8. The largest absolute Gasteiger partial charge is 0.362 e. The van der Waals surface area contributed by atoms with Gasteiger partial charge in [-0.3, -0.25) is 44.5 Å². The zero-order chi connectivity index (χ0) is 99.1. The van der Waals surface area contributed by atoms with E-state index in [1.54, 1.807) is 71.8 Å². The van der Waals surface area contributed by atoms with E-state index in [1.165, 1.54) is 175 Å². The van der Waals surface area contributed by atoms with Crippen molar-refractivity contribution < 1.29 is 13.2 Å². The highest BCUT2D eigenvalue weighted by molar-refractivity contribution is 6.31. The van der Waals surface area contributed by atoms with Gasteiger partial charge in [0.25, 0.3) is 16.9 Å². The van der Waals surface area contributed by atoms with Crippen LogP contribution in [0.1, 0.15) is 70.2 Å². The maximum atomic E-state index is 14.3. The fourth-order valence-corrected chi connectivity index (χ4v) is 20.0. The van der Waals surface area contributed by atoms with Crippen molar-refractivity contribution in [2.75, 3.05) is 0 Å². The van der Waals surface area contributed by atoms with E-state index in [1.807, 2.05) is 133 Å². The Balaban J connectivity index is 0.0000000998. The number of benzene rings is 8. The molecular formula is C120H86Cl2F3N19O2. The first-order valence-corrected chi connectivity index (χ1v) is 48.7. The van der Waals surface area contributed by atoms with E-state index in [2.05, 4.69) is 201 Å². The first kappa shape index (κ1) is 92.9. The second-order valence-electron chi connectivity index (χ2n) is 35.7. The zero-order valence-electron chi connectivity index (χ0n) is 78.4. The van der Waals surface area contributed by atoms with E-state index in [0.717, 1.165) is 108 Å². The molecule has 21 nitrogen and oxygen atoms in total. The number of nitrogens with zero attached hydrogens (tertiary/aromatic N) is 17. The summed E-state index contributed by atoms with van der Waals surface area (Å²) in [4.78, 5) is 85.1. The number of rotatable bonds is 12. The van der Waals surface area contributed by atoms with Gasteiger partial charge in [0, 0.05) is 175 Å². The number of hydrogen-bond acceptors (Lipinski definition) is 15. The van der Waals surface area contributed by atoms with E-state index in [-0.39, 0.29) is 21.7 Å². The molecule has 0 unspecified atom stereocenters. The number of fused-ring (bicyclic) bond motifs is 9. The Morgan fingerprint density at radius 3 is 1.21 bits per heavy atom. The van der Waals surface area contributed by atoms with Gasteiger partial charge in [0.05, 0.1) is 86.0 Å². The molecule has 4 aliphatic rings. The number of aromatic nitrogens is 18. The molecule has 0 atom stereocenters. The minimum absolute atomic E-state index is 0.0761. The molecule has 0 aliphatic heterocycles. The lowest BCUT2D eigenvalue weighted by Gasteiger charge is -2.11. The van der Waals surface area contributed by atoms with Gasteiger partial charge >= 0.3 is 0 Å². The molecule has 146 heavy (non-hydrogen) atoms. The minimum atomic E-state index is -0.839. The molecule has 0 amide bonds. The van der Waals surface area contributed by atoms with Crippen molar-refractivity contribution in [3.63, 3.8) is 0 Å². The summed E-state index contributed by atoms with van der Waals surface area (Å²) >= 11 is 11.8. The highest BCUT2D eigenvalue weighted by Crippen LogP contribution is 2.43. The quantitative estimate of drug-likeness (QED) is 0.0852. The Bertz CT molecular complexity index is 8940. The number of imidazole rings is 2. The van der Waals surface area contributed by atoms with Crippen LogP contribution in [0.25, 0.3) is 178 Å². The number of pyridine rings is 10. The molecule has 8 aromatic carbocycles. The SMILES string of the molecule is O=c1[nH]cnc2ccc(-c3cccnc3-c3cc(Cl)c(F)cc3F)cc12.O=c1[nH]cnc2ccc(-c3cccnc3-c3cc(Cl)ccc3F)cc12.[C-]#[N+]c1cnc2ccc(-c3cccnc3-c3ccc4c(c3)CCC4)cn12.c1cnc(-c2ccc3c(c2)CCC3)c(-c2ccc3nccn3c2)c1.c1cnc(-c2ccc3c(c2)CCC3)c(-c2ccc3ncnn3c2)c1.c1cnc(-c2ccc3c(c2)CCC3)c(-c2ccncc2)c1. The molecule has 708 valence electrons. The maximum absolute atomic E-state index is 14.3. The van der Waals surface area contributed by atoms with Gasteiger partial charge in [-0.25, -0.2) is 47.0 Å². The molecule has 23 aromatic rings. The van der Waals surface area contributed by atoms with Crippen LogP contribution in [0.3, 0.4) is 0 Å². The molecule has 26 heteroatoms. The molecule has 0 bridgehead atoms. The smallest absolute Gasteiger partial charge is 0.258 e. The summed E-state index contributed by atoms with van der Waals surface area (Å²) < 4.78 is 47.8. The normalized spacial score (nSPS) is 12.4. The third-order valence-corrected chi connectivity index (χ3v) is 27.4. The van der Waals surface area contributed by atoms with Gasteiger partial charge in [0.1, 0.15) is 29.4 Å². The summed E-state index contributed by atoms with van der Waals surface area (Å²) in [6, 6.07) is 83.5. The first-order valence-electron chi connectivity index (χ1n) is 47.9. The number of H-pyrrole nitrogens is 2. The molecule has 0 radical (unpaired) electrons. The predicted molar refractivity (Wildman–Crippen MR) is 569 cm³/mol. The van der Waals surface area contributed by atoms with Crippen LogP contribution in [0.5, 0.6) is 0 Å². The average molecular weight is 1950 g/mol. The standard InChI is InChI=1S/C22H16N4.C21H17N3.C20H16N4.C19H10ClF2N3O.C19H11ClFN3O.C19H16N2/c1-23-21-13-25-20-10-9-18(14-26(20)21)19-6-3-11-24-22(19)17-8-7-15-4-2-5-16(15)12-17;1-3-15-6-7-17(13-16(15)4-1)21-19(5-2-10-23-21)18-8-9-20-22-11-12-24(20)14-18;1-3-14-6-7-16(11-15(14)4-1)20-18(5-2-10-21-20)17-8-9-19-22-13-23-24(19)12-17;20-14-7-12(15(21)8-16(14)22)18-11(2-1-5-23-18)10-3-4-17-13(6-10)19(26)25-9-24-17;20-12-4-5-16(21)14(9-12)18-13(2-1-7-22-18)11-3-6-17-15(8-11)19(25)24-10-23-17;1-3-14-6-7-17(13-16(14)4-1)19-18(5-2-10-21-19)15-8-11-20-12-9-15/h3,6-14H,2,4-5H2;2,5-14H,1,3-4H2;2,5-13H,1,3-4H2;1-9H,(H,24,25,26);1-10H,(H,23,24,25);2,5-13H,1,3-4H2. The van der Waals surface area contributed by atoms with Crippen molar-refractivity contribution in [3.8, 4) is 134 Å². The lowest BCUT2D eigenvalue weighted by atomic mass is 9.98. The van der Waals surface area contributed by atoms with Crippen molar-refractivity contribution >= 4 is 67.8 Å². The average Bonchev–Trinajstić information content (AvgIpc) is 1.09. The van der Waals surface area contributed by atoms with Crippen LogP contribution in [-0.4, -0.2) is 88.2 Å². The fraction of sp³-hybridized carbons (Fsp3) is 0.100. The number of hydrogen-bond donors (Lipinski definition) is 2. The molecule has 2 N–H and O–H groups in total. The molecule has 4 aliphatic carbocycles. The lowest BCUT2D eigenvalue weighted by Crippen LogP contribution is -2.06. The van der Waals surface area contributed by atoms with E-state index in [4.69, 9.17) is 34.8 Å². The summed E-state index contributed by atoms with van der Waals surface area (Å²) in [6.07, 6.45) is 44.5. The molecular weight excluding hydrogens is 1870 g/mol. The Kier molecular flexibility index (Phi) is 26.5. The fourth-order valence-electron chi connectivity index (χ4n) is 19.7. The Morgan fingerprint density at radius 2 is 0.726 bits per heavy atom. The van der Waals surface area contributed by atoms with E-state index in [0.29, 0.717) is 66.3 Å². The summed E-state index contributed by atoms with van der Waals surface area (Å²) in [7, 11) is 0. The van der Waals surface area contributed by atoms with E-state index < -0.39 is 17.5 Å². The molecule has 0 spiro atoms. The Morgan fingerprint density at radius 1 is 0.315 bits per heavy atom. The topological polar surface area (TPSA) is 251 Å². The summed E-state index contributed by atoms with van der Waals surface area (Å²) in [5, 5.41) is 5.33. The molecule has 0 saturated heterocycles. The van der Waals surface area contributed by atoms with Gasteiger partial charge in [-0.1, -0.05) is 127 Å². The van der Waals surface area contributed by atoms with Crippen LogP contribution >= 0.6 is 23.2 Å². The summed E-state index contributed by atoms with van der Waals surface area (Å²) in [5.41, 5.74) is 36.7. The van der Waals surface area contributed by atoms with Crippen LogP contribution in [0.4, 0.5) is 19.0 Å². The first-order chi connectivity index (χ1) is 71.7. The predicted octanol–water partition coefficient (Wildman–Crippen LogP) is 26.9. The lowest BCUT2D eigenvalue weighted by molar-refractivity contribution is 0.585. The van der Waals surface area contributed by atoms with Gasteiger partial charge < -0.3 is 19.2 Å². The van der Waals surface area contributed by atoms with Crippen molar-refractivity contribution in [2.45, 2.75) is 77.0 Å². The molecule has 0 saturated carbocycles. The van der Waals surface area contributed by atoms with Gasteiger partial charge in [-0.05, 0) is 290 Å². The molecule has 15 aromatic heterocycles. The van der Waals surface area contributed by atoms with Gasteiger partial charge in [0.15, 0.2) is 5.65 Å². The van der Waals surface area contributed by atoms with Crippen molar-refractivity contribution in [1.29, 1.82) is 0 Å². The molecule has 27 rings (SSSR count). The van der Waals surface area contributed by atoms with Crippen molar-refractivity contribution in [2.24, 2.45) is 0 Å². The monoisotopic (exact) mass is 1950 g/mol. The van der Waals surface area contributed by atoms with Crippen LogP contribution in [0.15, 0.2) is 376 Å². The number of halogens is 5. The van der Waals surface area contributed by atoms with Crippen LogP contribution < -0.4 is 11.1 Å². The minimum Gasteiger partial charge on any atom is -0.362 e. The Labute approximate surface area is 845 Å². The highest BCUT2D eigenvalue weighted by Gasteiger charge is 2.25. The third-order valence-electron chi connectivity index (χ3n) is 26.9. The third kappa shape index (κ3) is 19.6. The van der Waals surface area contributed by atoms with Gasteiger partial charge in [0.2, 0.25) is 5.65 Å². The van der Waals surface area contributed by atoms with Gasteiger partial charge in [-0.15, -0.1) is 0 Å². The van der Waals surface area contributed by atoms with Crippen LogP contribution in [0, 0.1) is 24.0 Å². The second-order valence-corrected chi connectivity index (χ2v) is 36.6. The number of nitrogens with one attached hydrogen (secondary N) is 2. The molecule has 0 fully saturated rings. The van der Waals surface area contributed by atoms with E-state index >= 15 is 0 Å². The van der Waals surface area contributed by atoms with E-state index in [9.17, 15) is 22.8 Å². The van der Waals surface area contributed by atoms with Crippen LogP contribution in [0.2, 0.25) is 10.0 Å². The van der Waals surface area contributed by atoms with Crippen molar-refractivity contribution in [1.82, 2.24) is 88.2 Å². The molecule has 15 heterocycles. The van der Waals surface area contributed by atoms with Crippen LogP contribution in [-0.2, 0) is 51.4 Å². The Hall–Kier alpha value is -18.1.